The van der Waals surface area contributed by atoms with Gasteiger partial charge in [0.05, 0.1) is 21.4 Å². The van der Waals surface area contributed by atoms with Crippen molar-refractivity contribution in [3.63, 3.8) is 0 Å². The molecule has 3 rings (SSSR count). The number of hydrogen-bond acceptors (Lipinski definition) is 3. The maximum Gasteiger partial charge on any atom is 0.241 e. The summed E-state index contributed by atoms with van der Waals surface area (Å²) in [6, 6.07) is 22.4. The second-order valence-corrected chi connectivity index (χ2v) is 13.1. The minimum atomic E-state index is -3.83. The first-order valence-corrected chi connectivity index (χ1v) is 13.8. The summed E-state index contributed by atoms with van der Waals surface area (Å²) in [6.45, 7) is 7.46. The Morgan fingerprint density at radius 2 is 1.56 bits per heavy atom. The van der Waals surface area contributed by atoms with Crippen LogP contribution in [0.4, 0.5) is 0 Å². The van der Waals surface area contributed by atoms with Gasteiger partial charge in [-0.05, 0) is 63.1 Å². The van der Waals surface area contributed by atoms with Gasteiger partial charge in [0.2, 0.25) is 10.0 Å². The number of nitrogens with zero attached hydrogens (tertiary/aromatic N) is 1. The first-order valence-electron chi connectivity index (χ1n) is 10.9. The van der Waals surface area contributed by atoms with Gasteiger partial charge in [0.25, 0.3) is 0 Å². The Bertz CT molecular complexity index is 1270. The highest BCUT2D eigenvalue weighted by Crippen LogP contribution is 2.26. The Hall–Kier alpha value is -2.32. The topological polar surface area (TPSA) is 75.6 Å². The highest BCUT2D eigenvalue weighted by atomic mass is 35.5. The van der Waals surface area contributed by atoms with Crippen LogP contribution in [0.25, 0.3) is 0 Å². The fourth-order valence-corrected chi connectivity index (χ4v) is 5.17. The molecule has 0 amide bonds. The van der Waals surface area contributed by atoms with Gasteiger partial charge in [0.1, 0.15) is 11.0 Å². The van der Waals surface area contributed by atoms with Gasteiger partial charge in [-0.3, -0.25) is 0 Å². The lowest BCUT2D eigenvalue weighted by atomic mass is 9.98. The molecule has 0 aliphatic carbocycles. The van der Waals surface area contributed by atoms with Crippen molar-refractivity contribution in [1.29, 1.82) is 0 Å². The third-order valence-electron chi connectivity index (χ3n) is 5.12. The molecular formula is C26H29ClN2O3S2. The zero-order valence-corrected chi connectivity index (χ0v) is 22.0. The molecule has 0 saturated heterocycles. The SMILES string of the molecule is Cc1ccc(S(=O)(=O)N[C@@H](C/C(=N\[S@](=O)C(C)(C)C)c2ccccc2)c2ccc(Cl)cc2)cc1. The molecule has 0 bridgehead atoms. The summed E-state index contributed by atoms with van der Waals surface area (Å²) in [5.41, 5.74) is 3.04. The second-order valence-electron chi connectivity index (χ2n) is 9.01. The van der Waals surface area contributed by atoms with Crippen molar-refractivity contribution in [2.24, 2.45) is 4.40 Å². The van der Waals surface area contributed by atoms with Crippen LogP contribution in [-0.4, -0.2) is 23.1 Å². The van der Waals surface area contributed by atoms with Crippen LogP contribution in [0.15, 0.2) is 88.2 Å². The van der Waals surface area contributed by atoms with Crippen LogP contribution in [0.3, 0.4) is 0 Å². The Morgan fingerprint density at radius 3 is 2.12 bits per heavy atom. The summed E-state index contributed by atoms with van der Waals surface area (Å²) in [4.78, 5) is 0.175. The predicted molar refractivity (Wildman–Crippen MR) is 141 cm³/mol. The molecule has 0 aliphatic heterocycles. The maximum absolute atomic E-state index is 13.3. The van der Waals surface area contributed by atoms with Gasteiger partial charge in [-0.15, -0.1) is 0 Å². The van der Waals surface area contributed by atoms with Gasteiger partial charge < -0.3 is 0 Å². The normalized spacial score (nSPS) is 14.6. The number of rotatable bonds is 8. The molecule has 0 aromatic heterocycles. The molecule has 0 aliphatic rings. The zero-order valence-electron chi connectivity index (χ0n) is 19.7. The highest BCUT2D eigenvalue weighted by Gasteiger charge is 2.26. The first-order chi connectivity index (χ1) is 16.0. The fraction of sp³-hybridized carbons (Fsp3) is 0.269. The van der Waals surface area contributed by atoms with E-state index in [4.69, 9.17) is 11.6 Å². The van der Waals surface area contributed by atoms with Crippen LogP contribution in [0, 0.1) is 6.92 Å². The highest BCUT2D eigenvalue weighted by molar-refractivity contribution is 7.89. The number of benzene rings is 3. The van der Waals surface area contributed by atoms with Crippen LogP contribution >= 0.6 is 11.6 Å². The number of aryl methyl sites for hydroxylation is 1. The summed E-state index contributed by atoms with van der Waals surface area (Å²) < 4.78 is 46.2. The molecule has 180 valence electrons. The van der Waals surface area contributed by atoms with Crippen molar-refractivity contribution in [1.82, 2.24) is 4.72 Å². The van der Waals surface area contributed by atoms with Crippen molar-refractivity contribution < 1.29 is 12.6 Å². The van der Waals surface area contributed by atoms with Gasteiger partial charge in [-0.2, -0.15) is 4.40 Å². The van der Waals surface area contributed by atoms with E-state index in [-0.39, 0.29) is 11.3 Å². The average Bonchev–Trinajstić information content (AvgIpc) is 2.78. The summed E-state index contributed by atoms with van der Waals surface area (Å²) in [6.07, 6.45) is 0.207. The first kappa shape index (κ1) is 26.3. The van der Waals surface area contributed by atoms with Crippen molar-refractivity contribution in [2.45, 2.75) is 49.8 Å². The summed E-state index contributed by atoms with van der Waals surface area (Å²) in [7, 11) is -5.35. The molecule has 34 heavy (non-hydrogen) atoms. The monoisotopic (exact) mass is 516 g/mol. The number of sulfonamides is 1. The van der Waals surface area contributed by atoms with Gasteiger partial charge >= 0.3 is 0 Å². The Kier molecular flexibility index (Phi) is 8.47. The van der Waals surface area contributed by atoms with Crippen LogP contribution in [0.1, 0.15) is 49.9 Å². The average molecular weight is 517 g/mol. The lowest BCUT2D eigenvalue weighted by Gasteiger charge is -2.22. The molecule has 1 N–H and O–H groups in total. The Labute approximate surface area is 209 Å². The Morgan fingerprint density at radius 1 is 0.971 bits per heavy atom. The van der Waals surface area contributed by atoms with Gasteiger partial charge in [-0.25, -0.2) is 17.3 Å². The van der Waals surface area contributed by atoms with Crippen molar-refractivity contribution in [3.05, 3.63) is 101 Å². The summed E-state index contributed by atoms with van der Waals surface area (Å²) in [5, 5.41) is 0.551. The molecule has 5 nitrogen and oxygen atoms in total. The third-order valence-corrected chi connectivity index (χ3v) is 8.30. The zero-order chi connectivity index (χ0) is 24.9. The van der Waals surface area contributed by atoms with Gasteiger partial charge in [0, 0.05) is 11.4 Å². The fourth-order valence-electron chi connectivity index (χ4n) is 3.16. The third kappa shape index (κ3) is 7.09. The van der Waals surface area contributed by atoms with E-state index in [0.717, 1.165) is 16.7 Å². The van der Waals surface area contributed by atoms with Crippen LogP contribution in [0.2, 0.25) is 5.02 Å². The molecule has 0 heterocycles. The minimum Gasteiger partial charge on any atom is -0.234 e. The molecule has 0 spiro atoms. The smallest absolute Gasteiger partial charge is 0.234 e. The van der Waals surface area contributed by atoms with E-state index in [0.29, 0.717) is 10.7 Å². The van der Waals surface area contributed by atoms with E-state index < -0.39 is 31.8 Å². The van der Waals surface area contributed by atoms with Crippen LogP contribution < -0.4 is 4.72 Å². The largest absolute Gasteiger partial charge is 0.241 e. The van der Waals surface area contributed by atoms with Crippen LogP contribution in [-0.2, 0) is 21.0 Å². The summed E-state index contributed by atoms with van der Waals surface area (Å²) >= 11 is 6.08. The number of nitrogens with one attached hydrogen (secondary N) is 1. The number of halogens is 1. The van der Waals surface area contributed by atoms with Crippen LogP contribution in [0.5, 0.6) is 0 Å². The lowest BCUT2D eigenvalue weighted by Crippen LogP contribution is -2.31. The summed E-state index contributed by atoms with van der Waals surface area (Å²) in [5.74, 6) is 0. The molecule has 0 radical (unpaired) electrons. The molecule has 8 heteroatoms. The van der Waals surface area contributed by atoms with E-state index in [1.54, 1.807) is 48.5 Å². The van der Waals surface area contributed by atoms with E-state index >= 15 is 0 Å². The number of hydrogen-bond donors (Lipinski definition) is 1. The van der Waals surface area contributed by atoms with E-state index in [1.807, 2.05) is 58.0 Å². The second kappa shape index (κ2) is 11.0. The molecule has 3 aromatic rings. The van der Waals surface area contributed by atoms with Gasteiger partial charge in [0.15, 0.2) is 0 Å². The van der Waals surface area contributed by atoms with E-state index in [9.17, 15) is 12.6 Å². The van der Waals surface area contributed by atoms with Crippen molar-refractivity contribution >= 4 is 38.3 Å². The van der Waals surface area contributed by atoms with Crippen molar-refractivity contribution in [2.75, 3.05) is 0 Å². The van der Waals surface area contributed by atoms with Gasteiger partial charge in [-0.1, -0.05) is 71.8 Å². The quantitative estimate of drug-likeness (QED) is 0.372. The van der Waals surface area contributed by atoms with E-state index in [2.05, 4.69) is 9.12 Å². The van der Waals surface area contributed by atoms with E-state index in [1.165, 1.54) is 0 Å². The molecule has 0 fully saturated rings. The van der Waals surface area contributed by atoms with Crippen molar-refractivity contribution in [3.8, 4) is 0 Å². The molecular weight excluding hydrogens is 488 g/mol. The molecule has 2 atom stereocenters. The molecule has 0 saturated carbocycles. The predicted octanol–water partition coefficient (Wildman–Crippen LogP) is 6.01. The molecule has 0 unspecified atom stereocenters. The maximum atomic E-state index is 13.3. The Balaban J connectivity index is 2.05. The minimum absolute atomic E-state index is 0.175. The lowest BCUT2D eigenvalue weighted by molar-refractivity contribution is 0.561. The standard InChI is InChI=1S/C26H29ClN2O3S2/c1-19-10-16-23(17-11-19)34(31,32)29-25(21-12-14-22(27)15-13-21)18-24(20-8-6-5-7-9-20)28-33(30)26(2,3)4/h5-17,25,29H,18H2,1-4H3/b28-24+/t25-,33+/m0/s1. The molecule has 3 aromatic carbocycles.